The average molecular weight is 323 g/mol. The first-order valence-corrected chi connectivity index (χ1v) is 8.45. The summed E-state index contributed by atoms with van der Waals surface area (Å²) in [6, 6.07) is 0. The van der Waals surface area contributed by atoms with Crippen LogP contribution in [0.2, 0.25) is 0 Å². The van der Waals surface area contributed by atoms with E-state index in [1.165, 1.54) is 0 Å². The number of fused-ring (bicyclic) bond motifs is 1. The molecule has 0 aromatic carbocycles. The van der Waals surface area contributed by atoms with E-state index in [9.17, 15) is 19.5 Å². The van der Waals surface area contributed by atoms with Crippen molar-refractivity contribution in [3.63, 3.8) is 0 Å². The molecule has 2 saturated heterocycles. The van der Waals surface area contributed by atoms with Gasteiger partial charge in [0.25, 0.3) is 0 Å². The molecule has 7 nitrogen and oxygen atoms in total. The van der Waals surface area contributed by atoms with Gasteiger partial charge < -0.3 is 21.5 Å². The first-order chi connectivity index (χ1) is 10.9. The Balaban J connectivity index is 1.77. The van der Waals surface area contributed by atoms with Crippen LogP contribution in [-0.2, 0) is 14.4 Å². The third-order valence-corrected chi connectivity index (χ3v) is 6.14. The van der Waals surface area contributed by atoms with Crippen molar-refractivity contribution in [2.45, 2.75) is 50.7 Å². The van der Waals surface area contributed by atoms with E-state index in [0.29, 0.717) is 32.2 Å². The summed E-state index contributed by atoms with van der Waals surface area (Å²) in [5.74, 6) is -1.73. The zero-order valence-corrected chi connectivity index (χ0v) is 13.4. The molecule has 1 saturated carbocycles. The van der Waals surface area contributed by atoms with Crippen molar-refractivity contribution in [1.29, 1.82) is 0 Å². The van der Waals surface area contributed by atoms with Crippen LogP contribution in [0.25, 0.3) is 0 Å². The molecule has 2 heterocycles. The smallest absolute Gasteiger partial charge is 0.243 e. The monoisotopic (exact) mass is 323 g/mol. The van der Waals surface area contributed by atoms with Crippen molar-refractivity contribution >= 4 is 17.7 Å². The molecule has 3 fully saturated rings. The van der Waals surface area contributed by atoms with Crippen molar-refractivity contribution in [3.05, 3.63) is 0 Å². The summed E-state index contributed by atoms with van der Waals surface area (Å²) in [6.07, 6.45) is 2.57. The minimum Gasteiger partial charge on any atom is -0.392 e. The van der Waals surface area contributed by atoms with E-state index < -0.39 is 23.5 Å². The van der Waals surface area contributed by atoms with Gasteiger partial charge in [-0.1, -0.05) is 6.92 Å². The lowest BCUT2D eigenvalue weighted by atomic mass is 9.71. The Hall–Kier alpha value is -1.63. The van der Waals surface area contributed by atoms with Gasteiger partial charge in [0.1, 0.15) is 5.54 Å². The molecule has 3 rings (SSSR count). The minimum absolute atomic E-state index is 0.0237. The summed E-state index contributed by atoms with van der Waals surface area (Å²) in [7, 11) is 0. The summed E-state index contributed by atoms with van der Waals surface area (Å²) in [5.41, 5.74) is 4.59. The number of hydrogen-bond acceptors (Lipinski definition) is 4. The van der Waals surface area contributed by atoms with Gasteiger partial charge in [-0.3, -0.25) is 14.4 Å². The summed E-state index contributed by atoms with van der Waals surface area (Å²) in [6.45, 7) is 2.61. The maximum atomic E-state index is 12.3. The Morgan fingerprint density at radius 2 is 2.09 bits per heavy atom. The number of carbonyl (C=O) groups is 3. The number of carbonyl (C=O) groups excluding carboxylic acids is 3. The van der Waals surface area contributed by atoms with Gasteiger partial charge >= 0.3 is 0 Å². The van der Waals surface area contributed by atoms with Crippen molar-refractivity contribution < 1.29 is 19.5 Å². The zero-order chi connectivity index (χ0) is 16.8. The van der Waals surface area contributed by atoms with E-state index in [-0.39, 0.29) is 29.6 Å². The number of nitrogens with two attached hydrogens (primary N) is 1. The molecule has 1 aliphatic carbocycles. The highest BCUT2D eigenvalue weighted by Crippen LogP contribution is 2.48. The predicted molar refractivity (Wildman–Crippen MR) is 81.8 cm³/mol. The Morgan fingerprint density at radius 3 is 2.70 bits per heavy atom. The number of aliphatic hydroxyl groups excluding tert-OH is 1. The second-order valence-electron chi connectivity index (χ2n) is 7.25. The molecule has 3 amide bonds. The van der Waals surface area contributed by atoms with Gasteiger partial charge in [-0.15, -0.1) is 0 Å². The molecule has 0 aromatic heterocycles. The van der Waals surface area contributed by atoms with E-state index in [1.54, 1.807) is 0 Å². The predicted octanol–water partition coefficient (Wildman–Crippen LogP) is -0.720. The SMILES string of the molecule is C[C@@H](CC[C@H]1CCNC1=O)C1(C(N)=O)NC(=O)C2C(O)CCC21. The molecule has 5 N–H and O–H groups in total. The van der Waals surface area contributed by atoms with Crippen LogP contribution in [0.5, 0.6) is 0 Å². The van der Waals surface area contributed by atoms with Gasteiger partial charge in [-0.2, -0.15) is 0 Å². The summed E-state index contributed by atoms with van der Waals surface area (Å²) in [5, 5.41) is 15.7. The minimum atomic E-state index is -1.10. The molecule has 0 spiro atoms. The Bertz CT molecular complexity index is 537. The number of amides is 3. The van der Waals surface area contributed by atoms with E-state index in [2.05, 4.69) is 10.6 Å². The van der Waals surface area contributed by atoms with Gasteiger partial charge in [0.2, 0.25) is 17.7 Å². The fourth-order valence-electron chi connectivity index (χ4n) is 4.80. The zero-order valence-electron chi connectivity index (χ0n) is 13.4. The lowest BCUT2D eigenvalue weighted by Gasteiger charge is -2.37. The molecule has 128 valence electrons. The summed E-state index contributed by atoms with van der Waals surface area (Å²) < 4.78 is 0. The van der Waals surface area contributed by atoms with Gasteiger partial charge in [0.15, 0.2) is 0 Å². The Labute approximate surface area is 135 Å². The molecule has 6 atom stereocenters. The van der Waals surface area contributed by atoms with Crippen LogP contribution in [0.15, 0.2) is 0 Å². The van der Waals surface area contributed by atoms with Crippen molar-refractivity contribution in [2.24, 2.45) is 29.4 Å². The van der Waals surface area contributed by atoms with Crippen LogP contribution >= 0.6 is 0 Å². The standard InChI is InChI=1S/C16H25N3O4/c1-8(2-3-9-6-7-18-13(9)21)16(15(17)23)10-4-5-11(20)12(10)14(22)19-16/h8-12,20H,2-7H2,1H3,(H2,17,23)(H,18,21)(H,19,22)/t8-,9-,10?,11?,12?,16?/m0/s1. The lowest BCUT2D eigenvalue weighted by molar-refractivity contribution is -0.131. The van der Waals surface area contributed by atoms with E-state index >= 15 is 0 Å². The van der Waals surface area contributed by atoms with Crippen LogP contribution in [-0.4, -0.2) is 41.0 Å². The molecular weight excluding hydrogens is 298 g/mol. The Kier molecular flexibility index (Phi) is 4.08. The molecule has 23 heavy (non-hydrogen) atoms. The van der Waals surface area contributed by atoms with E-state index in [0.717, 1.165) is 6.42 Å². The Morgan fingerprint density at radius 1 is 1.35 bits per heavy atom. The topological polar surface area (TPSA) is 122 Å². The average Bonchev–Trinajstić information content (AvgIpc) is 3.15. The second-order valence-corrected chi connectivity index (χ2v) is 7.25. The normalized spacial score (nSPS) is 40.6. The summed E-state index contributed by atoms with van der Waals surface area (Å²) in [4.78, 5) is 36.2. The third kappa shape index (κ3) is 2.41. The van der Waals surface area contributed by atoms with Crippen LogP contribution in [0.3, 0.4) is 0 Å². The fourth-order valence-corrected chi connectivity index (χ4v) is 4.80. The van der Waals surface area contributed by atoms with Crippen LogP contribution in [0.1, 0.15) is 39.0 Å². The largest absolute Gasteiger partial charge is 0.392 e. The molecule has 0 aromatic rings. The second kappa shape index (κ2) is 5.78. The van der Waals surface area contributed by atoms with Crippen LogP contribution in [0.4, 0.5) is 0 Å². The molecular formula is C16H25N3O4. The van der Waals surface area contributed by atoms with Crippen LogP contribution < -0.4 is 16.4 Å². The van der Waals surface area contributed by atoms with Gasteiger partial charge in [-0.05, 0) is 38.0 Å². The molecule has 7 heteroatoms. The van der Waals surface area contributed by atoms with Gasteiger partial charge in [0.05, 0.1) is 12.0 Å². The van der Waals surface area contributed by atoms with Crippen molar-refractivity contribution in [3.8, 4) is 0 Å². The molecule has 0 bridgehead atoms. The maximum absolute atomic E-state index is 12.3. The number of nitrogens with one attached hydrogen (secondary N) is 2. The first-order valence-electron chi connectivity index (χ1n) is 8.45. The number of hydrogen-bond donors (Lipinski definition) is 4. The molecule has 3 aliphatic rings. The van der Waals surface area contributed by atoms with Crippen LogP contribution in [0, 0.1) is 23.7 Å². The molecule has 0 radical (unpaired) electrons. The lowest BCUT2D eigenvalue weighted by Crippen LogP contribution is -2.60. The highest BCUT2D eigenvalue weighted by atomic mass is 16.3. The highest BCUT2D eigenvalue weighted by molar-refractivity contribution is 5.96. The van der Waals surface area contributed by atoms with Crippen molar-refractivity contribution in [1.82, 2.24) is 10.6 Å². The highest BCUT2D eigenvalue weighted by Gasteiger charge is 2.62. The summed E-state index contributed by atoms with van der Waals surface area (Å²) >= 11 is 0. The fraction of sp³-hybridized carbons (Fsp3) is 0.812. The quantitative estimate of drug-likeness (QED) is 0.533. The van der Waals surface area contributed by atoms with Gasteiger partial charge in [0, 0.05) is 18.4 Å². The molecule has 2 aliphatic heterocycles. The first kappa shape index (κ1) is 16.2. The van der Waals surface area contributed by atoms with E-state index in [4.69, 9.17) is 5.73 Å². The molecule has 4 unspecified atom stereocenters. The number of primary amides is 1. The van der Waals surface area contributed by atoms with E-state index in [1.807, 2.05) is 6.92 Å². The van der Waals surface area contributed by atoms with Gasteiger partial charge in [-0.25, -0.2) is 0 Å². The van der Waals surface area contributed by atoms with Crippen molar-refractivity contribution in [2.75, 3.05) is 6.54 Å². The third-order valence-electron chi connectivity index (χ3n) is 6.14. The number of rotatable bonds is 5. The number of aliphatic hydroxyl groups is 1. The maximum Gasteiger partial charge on any atom is 0.243 e.